The van der Waals surface area contributed by atoms with Crippen molar-refractivity contribution in [1.29, 1.82) is 0 Å². The van der Waals surface area contributed by atoms with Crippen LogP contribution in [0.25, 0.3) is 0 Å². The second-order valence-electron chi connectivity index (χ2n) is 10.1. The van der Waals surface area contributed by atoms with Gasteiger partial charge in [-0.05, 0) is 18.9 Å². The minimum absolute atomic E-state index is 0.0949. The number of hydrogen-bond donors (Lipinski definition) is 0. The van der Waals surface area contributed by atoms with E-state index in [0.717, 1.165) is 15.1 Å². The quantitative estimate of drug-likeness (QED) is 0.370. The second-order valence-corrected chi connectivity index (χ2v) is 11.8. The molecule has 38 heavy (non-hydrogen) atoms. The molecule has 2 aromatic heterocycles. The molecule has 0 bridgehead atoms. The molecule has 0 N–H and O–H groups in total. The molecule has 4 rings (SSSR count). The second kappa shape index (κ2) is 10.6. The number of imide groups is 1. The van der Waals surface area contributed by atoms with E-state index in [2.05, 4.69) is 10.1 Å². The van der Waals surface area contributed by atoms with Gasteiger partial charge in [0.05, 0.1) is 23.0 Å². The van der Waals surface area contributed by atoms with Crippen LogP contribution < -0.4 is 0 Å². The lowest BCUT2D eigenvalue weighted by atomic mass is 9.80. The van der Waals surface area contributed by atoms with Crippen LogP contribution in [0.5, 0.6) is 0 Å². The molecule has 12 heteroatoms. The summed E-state index contributed by atoms with van der Waals surface area (Å²) in [5.74, 6) is -5.48. The number of carbonyl (C=O) groups excluding carboxylic acids is 3. The predicted molar refractivity (Wildman–Crippen MR) is 138 cm³/mol. The molecule has 3 heterocycles. The van der Waals surface area contributed by atoms with Gasteiger partial charge < -0.3 is 0 Å². The molecule has 3 aromatic rings. The summed E-state index contributed by atoms with van der Waals surface area (Å²) in [6.45, 7) is 6.06. The van der Waals surface area contributed by atoms with Crippen molar-refractivity contribution in [3.05, 3.63) is 63.7 Å². The predicted octanol–water partition coefficient (Wildman–Crippen LogP) is 5.70. The maximum Gasteiger partial charge on any atom is 0.393 e. The average Bonchev–Trinajstić information content (AvgIpc) is 3.50. The number of piperidine rings is 1. The highest BCUT2D eigenvalue weighted by molar-refractivity contribution is 7.98. The van der Waals surface area contributed by atoms with Crippen LogP contribution in [0, 0.1) is 18.3 Å². The van der Waals surface area contributed by atoms with Gasteiger partial charge in [0.25, 0.3) is 5.91 Å². The molecule has 1 saturated heterocycles. The first-order valence-electron chi connectivity index (χ1n) is 11.9. The van der Waals surface area contributed by atoms with Gasteiger partial charge in [-0.1, -0.05) is 51.1 Å². The Morgan fingerprint density at radius 1 is 1.16 bits per heavy atom. The third kappa shape index (κ3) is 5.56. The topological polar surface area (TPSA) is 85.2 Å². The number of likely N-dealkylation sites (tertiary alicyclic amines) is 1. The number of halogens is 3. The standard InChI is InChI=1S/C26H27F3N4O3S2/c1-15-20(19-17(26(27,28)29)10-11-32(22(19)35)24(36)25(2,3)4)31-33(21(34)18-13-37-14-30-18)23(15)38-12-16-8-6-5-7-9-16/h5-9,13-14,17,19H,10-12H2,1-4H3. The van der Waals surface area contributed by atoms with Gasteiger partial charge in [-0.3, -0.25) is 19.3 Å². The van der Waals surface area contributed by atoms with Gasteiger partial charge in [-0.25, -0.2) is 4.98 Å². The summed E-state index contributed by atoms with van der Waals surface area (Å²) < 4.78 is 43.7. The van der Waals surface area contributed by atoms with E-state index in [1.165, 1.54) is 34.0 Å². The molecule has 1 aliphatic rings. The minimum Gasteiger partial charge on any atom is -0.282 e. The van der Waals surface area contributed by atoms with Gasteiger partial charge >= 0.3 is 6.18 Å². The fourth-order valence-corrected chi connectivity index (χ4v) is 5.99. The van der Waals surface area contributed by atoms with Crippen LogP contribution in [-0.4, -0.2) is 50.1 Å². The van der Waals surface area contributed by atoms with Crippen molar-refractivity contribution in [2.45, 2.75) is 57.0 Å². The molecule has 2 atom stereocenters. The van der Waals surface area contributed by atoms with E-state index in [1.807, 2.05) is 30.3 Å². The van der Waals surface area contributed by atoms with E-state index in [1.54, 1.807) is 27.7 Å². The van der Waals surface area contributed by atoms with Gasteiger partial charge in [0, 0.05) is 28.7 Å². The molecule has 2 unspecified atom stereocenters. The Morgan fingerprint density at radius 3 is 2.42 bits per heavy atom. The molecule has 1 aliphatic heterocycles. The number of thioether (sulfide) groups is 1. The molecule has 1 aromatic carbocycles. The Bertz CT molecular complexity index is 1330. The Hall–Kier alpha value is -2.99. The van der Waals surface area contributed by atoms with Crippen molar-refractivity contribution < 1.29 is 27.6 Å². The van der Waals surface area contributed by atoms with Crippen molar-refractivity contribution in [3.63, 3.8) is 0 Å². The summed E-state index contributed by atoms with van der Waals surface area (Å²) in [5.41, 5.74) is 1.70. The van der Waals surface area contributed by atoms with Gasteiger partial charge in [-0.2, -0.15) is 23.0 Å². The number of benzene rings is 1. The molecular formula is C26H27F3N4O3S2. The number of alkyl halides is 3. The Balaban J connectivity index is 1.82. The lowest BCUT2D eigenvalue weighted by Gasteiger charge is -2.39. The van der Waals surface area contributed by atoms with Crippen molar-refractivity contribution >= 4 is 40.8 Å². The number of amides is 2. The van der Waals surface area contributed by atoms with E-state index < -0.39 is 47.6 Å². The van der Waals surface area contributed by atoms with Crippen LogP contribution >= 0.6 is 23.1 Å². The fourth-order valence-electron chi connectivity index (χ4n) is 4.40. The number of hydrogen-bond acceptors (Lipinski definition) is 7. The zero-order valence-corrected chi connectivity index (χ0v) is 22.9. The first-order valence-corrected chi connectivity index (χ1v) is 13.8. The zero-order chi connectivity index (χ0) is 27.8. The fraction of sp³-hybridized carbons (Fsp3) is 0.423. The van der Waals surface area contributed by atoms with Crippen molar-refractivity contribution in [3.8, 4) is 0 Å². The molecule has 0 spiro atoms. The van der Waals surface area contributed by atoms with Crippen LogP contribution in [-0.2, 0) is 15.3 Å². The summed E-state index contributed by atoms with van der Waals surface area (Å²) in [4.78, 5) is 44.8. The SMILES string of the molecule is Cc1c(C2C(=O)N(C(=O)C(C)(C)C)CCC2C(F)(F)F)nn(C(=O)c2cscn2)c1SCc1ccccc1. The Morgan fingerprint density at radius 2 is 1.84 bits per heavy atom. The first-order chi connectivity index (χ1) is 17.8. The van der Waals surface area contributed by atoms with Gasteiger partial charge in [0.15, 0.2) is 0 Å². The molecular weight excluding hydrogens is 537 g/mol. The summed E-state index contributed by atoms with van der Waals surface area (Å²) in [6.07, 6.45) is -5.15. The van der Waals surface area contributed by atoms with Crippen molar-refractivity contribution in [1.82, 2.24) is 19.7 Å². The van der Waals surface area contributed by atoms with Crippen LogP contribution in [0.3, 0.4) is 0 Å². The summed E-state index contributed by atoms with van der Waals surface area (Å²) in [5, 5.41) is 6.18. The van der Waals surface area contributed by atoms with E-state index in [-0.39, 0.29) is 17.9 Å². The monoisotopic (exact) mass is 564 g/mol. The molecule has 1 fully saturated rings. The van der Waals surface area contributed by atoms with E-state index in [9.17, 15) is 27.6 Å². The maximum atomic E-state index is 14.2. The number of thiazole rings is 1. The molecule has 0 aliphatic carbocycles. The highest BCUT2D eigenvalue weighted by atomic mass is 32.2. The van der Waals surface area contributed by atoms with Crippen LogP contribution in [0.2, 0.25) is 0 Å². The maximum absolute atomic E-state index is 14.2. The smallest absolute Gasteiger partial charge is 0.282 e. The number of aromatic nitrogens is 3. The van der Waals surface area contributed by atoms with Crippen LogP contribution in [0.15, 0.2) is 46.2 Å². The van der Waals surface area contributed by atoms with Crippen molar-refractivity contribution in [2.24, 2.45) is 11.3 Å². The molecule has 0 saturated carbocycles. The van der Waals surface area contributed by atoms with Gasteiger partial charge in [0.1, 0.15) is 10.7 Å². The summed E-state index contributed by atoms with van der Waals surface area (Å²) >= 11 is 2.44. The third-order valence-corrected chi connectivity index (χ3v) is 8.18. The summed E-state index contributed by atoms with van der Waals surface area (Å²) in [7, 11) is 0. The van der Waals surface area contributed by atoms with E-state index >= 15 is 0 Å². The highest BCUT2D eigenvalue weighted by Gasteiger charge is 2.54. The average molecular weight is 565 g/mol. The normalized spacial score (nSPS) is 18.6. The minimum atomic E-state index is -4.70. The third-order valence-electron chi connectivity index (χ3n) is 6.37. The van der Waals surface area contributed by atoms with Crippen LogP contribution in [0.1, 0.15) is 60.4 Å². The van der Waals surface area contributed by atoms with Gasteiger partial charge in [-0.15, -0.1) is 23.1 Å². The number of rotatable bonds is 5. The largest absolute Gasteiger partial charge is 0.393 e. The van der Waals surface area contributed by atoms with Crippen molar-refractivity contribution in [2.75, 3.05) is 6.54 Å². The number of nitrogens with zero attached hydrogens (tertiary/aromatic N) is 4. The molecule has 202 valence electrons. The Kier molecular flexibility index (Phi) is 7.85. The van der Waals surface area contributed by atoms with Crippen LogP contribution in [0.4, 0.5) is 13.2 Å². The highest BCUT2D eigenvalue weighted by Crippen LogP contribution is 2.46. The first kappa shape index (κ1) is 28.0. The lowest BCUT2D eigenvalue weighted by molar-refractivity contribution is -0.197. The summed E-state index contributed by atoms with van der Waals surface area (Å²) in [6, 6.07) is 9.38. The zero-order valence-electron chi connectivity index (χ0n) is 21.3. The van der Waals surface area contributed by atoms with Gasteiger partial charge in [0.2, 0.25) is 11.8 Å². The molecule has 7 nitrogen and oxygen atoms in total. The molecule has 0 radical (unpaired) electrons. The number of carbonyl (C=O) groups is 3. The van der Waals surface area contributed by atoms with E-state index in [4.69, 9.17) is 0 Å². The Labute approximate surface area is 226 Å². The lowest BCUT2D eigenvalue weighted by Crippen LogP contribution is -2.53. The van der Waals surface area contributed by atoms with E-state index in [0.29, 0.717) is 16.3 Å². The molecule has 2 amide bonds.